The van der Waals surface area contributed by atoms with Crippen molar-refractivity contribution in [2.75, 3.05) is 16.0 Å². The third-order valence-electron chi connectivity index (χ3n) is 4.97. The molecule has 1 aliphatic rings. The zero-order valence-electron chi connectivity index (χ0n) is 16.9. The van der Waals surface area contributed by atoms with Crippen molar-refractivity contribution in [2.24, 2.45) is 0 Å². The summed E-state index contributed by atoms with van der Waals surface area (Å²) in [4.78, 5) is 26.5. The first-order valence-corrected chi connectivity index (χ1v) is 10.9. The van der Waals surface area contributed by atoms with Crippen LogP contribution in [-0.2, 0) is 9.59 Å². The molecule has 156 valence electrons. The maximum absolute atomic E-state index is 14.1. The predicted octanol–water partition coefficient (Wildman–Crippen LogP) is 5.56. The monoisotopic (exact) mass is 432 g/mol. The molecule has 2 amide bonds. The van der Waals surface area contributed by atoms with E-state index in [1.54, 1.807) is 36.1 Å². The van der Waals surface area contributed by atoms with E-state index in [2.05, 4.69) is 5.32 Å². The van der Waals surface area contributed by atoms with Gasteiger partial charge in [-0.15, -0.1) is 11.8 Å². The second-order valence-corrected chi connectivity index (χ2v) is 8.29. The number of nitrogens with zero attached hydrogens (tertiary/aromatic N) is 1. The number of nitrogens with one attached hydrogen (secondary N) is 1. The van der Waals surface area contributed by atoms with E-state index in [4.69, 9.17) is 0 Å². The number of rotatable bonds is 5. The molecule has 1 unspecified atom stereocenters. The van der Waals surface area contributed by atoms with E-state index in [0.29, 0.717) is 22.7 Å². The minimum Gasteiger partial charge on any atom is -0.323 e. The van der Waals surface area contributed by atoms with Crippen LogP contribution in [0.15, 0.2) is 78.9 Å². The fourth-order valence-electron chi connectivity index (χ4n) is 3.37. The molecule has 1 saturated heterocycles. The van der Waals surface area contributed by atoms with Crippen molar-refractivity contribution >= 4 is 41.0 Å². The molecule has 3 aromatic carbocycles. The molecule has 0 spiro atoms. The van der Waals surface area contributed by atoms with E-state index in [-0.39, 0.29) is 23.0 Å². The lowest BCUT2D eigenvalue weighted by atomic mass is 10.1. The maximum atomic E-state index is 14.1. The van der Waals surface area contributed by atoms with Crippen molar-refractivity contribution in [3.8, 4) is 0 Å². The fraction of sp³-hybridized carbons (Fsp3) is 0.120. The van der Waals surface area contributed by atoms with Crippen LogP contribution < -0.4 is 10.2 Å². The first-order chi connectivity index (χ1) is 15.0. The van der Waals surface area contributed by atoms with Gasteiger partial charge in [-0.3, -0.25) is 14.5 Å². The Bertz CT molecular complexity index is 1150. The Morgan fingerprint density at radius 1 is 1.10 bits per heavy atom. The zero-order chi connectivity index (χ0) is 21.8. The van der Waals surface area contributed by atoms with Crippen LogP contribution in [0.4, 0.5) is 15.8 Å². The molecule has 31 heavy (non-hydrogen) atoms. The number of thioether (sulfide) groups is 1. The molecule has 0 saturated carbocycles. The van der Waals surface area contributed by atoms with Gasteiger partial charge in [0.25, 0.3) is 0 Å². The van der Waals surface area contributed by atoms with Crippen molar-refractivity contribution in [1.29, 1.82) is 0 Å². The Hall–Kier alpha value is -3.38. The van der Waals surface area contributed by atoms with Gasteiger partial charge >= 0.3 is 0 Å². The van der Waals surface area contributed by atoms with Crippen LogP contribution in [0.25, 0.3) is 6.08 Å². The van der Waals surface area contributed by atoms with Gasteiger partial charge in [-0.2, -0.15) is 0 Å². The summed E-state index contributed by atoms with van der Waals surface area (Å²) in [5, 5.41) is 2.57. The Morgan fingerprint density at radius 2 is 1.90 bits per heavy atom. The molecule has 0 bridgehead atoms. The average molecular weight is 433 g/mol. The molecule has 1 N–H and O–H groups in total. The standard InChI is InChI=1S/C25H21FN2O2S/c1-17-10-12-21(15-22(17)26)28-24(30)16-31-25(28)19-8-5-9-20(14-19)27-23(29)13-11-18-6-3-2-4-7-18/h2-15,25H,16H2,1H3,(H,27,29)/b13-11+. The largest absolute Gasteiger partial charge is 0.323 e. The summed E-state index contributed by atoms with van der Waals surface area (Å²) in [6, 6.07) is 21.8. The lowest BCUT2D eigenvalue weighted by Crippen LogP contribution is -2.28. The zero-order valence-corrected chi connectivity index (χ0v) is 17.7. The van der Waals surface area contributed by atoms with Gasteiger partial charge < -0.3 is 5.32 Å². The van der Waals surface area contributed by atoms with E-state index < -0.39 is 0 Å². The highest BCUT2D eigenvalue weighted by atomic mass is 32.2. The highest BCUT2D eigenvalue weighted by Gasteiger charge is 2.34. The second kappa shape index (κ2) is 9.18. The number of aryl methyl sites for hydroxylation is 1. The molecule has 0 aromatic heterocycles. The van der Waals surface area contributed by atoms with Gasteiger partial charge in [-0.25, -0.2) is 4.39 Å². The number of benzene rings is 3. The summed E-state index contributed by atoms with van der Waals surface area (Å²) in [7, 11) is 0. The van der Waals surface area contributed by atoms with Gasteiger partial charge in [0.15, 0.2) is 0 Å². The summed E-state index contributed by atoms with van der Waals surface area (Å²) in [5.74, 6) is -0.337. The molecule has 6 heteroatoms. The lowest BCUT2D eigenvalue weighted by Gasteiger charge is -2.25. The normalized spacial score (nSPS) is 16.1. The minimum atomic E-state index is -0.341. The van der Waals surface area contributed by atoms with Crippen LogP contribution in [0.3, 0.4) is 0 Å². The van der Waals surface area contributed by atoms with Gasteiger partial charge in [0, 0.05) is 17.5 Å². The van der Waals surface area contributed by atoms with E-state index in [9.17, 15) is 14.0 Å². The average Bonchev–Trinajstić information content (AvgIpc) is 3.16. The van der Waals surface area contributed by atoms with E-state index in [0.717, 1.165) is 11.1 Å². The first-order valence-electron chi connectivity index (χ1n) is 9.85. The summed E-state index contributed by atoms with van der Waals surface area (Å²) >= 11 is 1.48. The third-order valence-corrected chi connectivity index (χ3v) is 6.18. The van der Waals surface area contributed by atoms with Gasteiger partial charge in [0.05, 0.1) is 5.75 Å². The number of carbonyl (C=O) groups is 2. The number of carbonyl (C=O) groups excluding carboxylic acids is 2. The number of halogens is 1. The second-order valence-electron chi connectivity index (χ2n) is 7.22. The Morgan fingerprint density at radius 3 is 2.68 bits per heavy atom. The van der Waals surface area contributed by atoms with E-state index >= 15 is 0 Å². The molecule has 1 aliphatic heterocycles. The summed E-state index contributed by atoms with van der Waals surface area (Å²) in [5.41, 5.74) is 3.50. The van der Waals surface area contributed by atoms with Crippen molar-refractivity contribution in [2.45, 2.75) is 12.3 Å². The highest BCUT2D eigenvalue weighted by Crippen LogP contribution is 2.42. The fourth-order valence-corrected chi connectivity index (χ4v) is 4.54. The van der Waals surface area contributed by atoms with Crippen LogP contribution in [0, 0.1) is 12.7 Å². The number of hydrogen-bond acceptors (Lipinski definition) is 3. The summed E-state index contributed by atoms with van der Waals surface area (Å²) in [6.07, 6.45) is 3.23. The molecule has 0 aliphatic carbocycles. The minimum absolute atomic E-state index is 0.0708. The van der Waals surface area contributed by atoms with Crippen LogP contribution in [-0.4, -0.2) is 17.6 Å². The number of hydrogen-bond donors (Lipinski definition) is 1. The van der Waals surface area contributed by atoms with Crippen molar-refractivity contribution in [3.05, 3.63) is 101 Å². The van der Waals surface area contributed by atoms with Crippen molar-refractivity contribution in [3.63, 3.8) is 0 Å². The first kappa shape index (κ1) is 20.9. The molecule has 3 aromatic rings. The van der Waals surface area contributed by atoms with E-state index in [1.807, 2.05) is 48.5 Å². The quantitative estimate of drug-likeness (QED) is 0.537. The lowest BCUT2D eigenvalue weighted by molar-refractivity contribution is -0.116. The van der Waals surface area contributed by atoms with Crippen LogP contribution in [0.1, 0.15) is 22.1 Å². The highest BCUT2D eigenvalue weighted by molar-refractivity contribution is 8.00. The summed E-state index contributed by atoms with van der Waals surface area (Å²) in [6.45, 7) is 1.69. The number of anilines is 2. The number of amides is 2. The SMILES string of the molecule is Cc1ccc(N2C(=O)CSC2c2cccc(NC(=O)/C=C/c3ccccc3)c2)cc1F. The van der Waals surface area contributed by atoms with Crippen LogP contribution in [0.2, 0.25) is 0 Å². The molecular formula is C25H21FN2O2S. The van der Waals surface area contributed by atoms with Crippen molar-refractivity contribution in [1.82, 2.24) is 0 Å². The molecule has 4 nitrogen and oxygen atoms in total. The van der Waals surface area contributed by atoms with Gasteiger partial charge in [0.2, 0.25) is 11.8 Å². The Kier molecular flexibility index (Phi) is 6.18. The Labute approximate surface area is 184 Å². The maximum Gasteiger partial charge on any atom is 0.248 e. The molecule has 1 heterocycles. The van der Waals surface area contributed by atoms with Gasteiger partial charge in [-0.1, -0.05) is 48.5 Å². The van der Waals surface area contributed by atoms with E-state index in [1.165, 1.54) is 23.9 Å². The van der Waals surface area contributed by atoms with Crippen molar-refractivity contribution < 1.29 is 14.0 Å². The topological polar surface area (TPSA) is 49.4 Å². The summed E-state index contributed by atoms with van der Waals surface area (Å²) < 4.78 is 14.1. The molecule has 4 rings (SSSR count). The van der Waals surface area contributed by atoms with Crippen LogP contribution in [0.5, 0.6) is 0 Å². The van der Waals surface area contributed by atoms with Gasteiger partial charge in [-0.05, 0) is 54.0 Å². The molecular weight excluding hydrogens is 411 g/mol. The molecule has 1 fully saturated rings. The van der Waals surface area contributed by atoms with Crippen LogP contribution >= 0.6 is 11.8 Å². The smallest absolute Gasteiger partial charge is 0.248 e. The molecule has 1 atom stereocenters. The molecule has 0 radical (unpaired) electrons. The third kappa shape index (κ3) is 4.86. The predicted molar refractivity (Wildman–Crippen MR) is 124 cm³/mol. The Balaban J connectivity index is 1.53. The van der Waals surface area contributed by atoms with Gasteiger partial charge in [0.1, 0.15) is 11.2 Å².